The molecule has 3 nitrogen and oxygen atoms in total. The van der Waals surface area contributed by atoms with Gasteiger partial charge in [-0.1, -0.05) is 6.92 Å². The van der Waals surface area contributed by atoms with Crippen LogP contribution in [0, 0.1) is 5.82 Å². The monoisotopic (exact) mass is 209 g/mol. The molecule has 0 saturated carbocycles. The summed E-state index contributed by atoms with van der Waals surface area (Å²) < 4.78 is 13.4. The van der Waals surface area contributed by atoms with Crippen molar-refractivity contribution >= 4 is 5.82 Å². The Kier molecular flexibility index (Phi) is 3.16. The minimum absolute atomic E-state index is 0.220. The number of rotatable bonds is 2. The number of piperazine rings is 1. The SMILES string of the molecule is CCN1CCN(c2ncccc2F)CC1. The van der Waals surface area contributed by atoms with Crippen LogP contribution in [0.25, 0.3) is 0 Å². The molecule has 2 heterocycles. The van der Waals surface area contributed by atoms with Crippen LogP contribution >= 0.6 is 0 Å². The second kappa shape index (κ2) is 4.57. The molecule has 2 rings (SSSR count). The fraction of sp³-hybridized carbons (Fsp3) is 0.545. The Balaban J connectivity index is 2.04. The highest BCUT2D eigenvalue weighted by Gasteiger charge is 2.18. The Hall–Kier alpha value is -1.16. The quantitative estimate of drug-likeness (QED) is 0.733. The average Bonchev–Trinajstić information content (AvgIpc) is 2.30. The normalized spacial score (nSPS) is 18.1. The molecule has 0 unspecified atom stereocenters. The summed E-state index contributed by atoms with van der Waals surface area (Å²) >= 11 is 0. The van der Waals surface area contributed by atoms with Gasteiger partial charge in [0.2, 0.25) is 0 Å². The maximum atomic E-state index is 13.4. The highest BCUT2D eigenvalue weighted by atomic mass is 19.1. The van der Waals surface area contributed by atoms with E-state index >= 15 is 0 Å². The number of hydrogen-bond donors (Lipinski definition) is 0. The molecule has 1 saturated heterocycles. The Morgan fingerprint density at radius 1 is 1.33 bits per heavy atom. The van der Waals surface area contributed by atoms with Crippen molar-refractivity contribution in [2.45, 2.75) is 6.92 Å². The van der Waals surface area contributed by atoms with Crippen LogP contribution < -0.4 is 4.90 Å². The molecule has 82 valence electrons. The fourth-order valence-electron chi connectivity index (χ4n) is 1.89. The lowest BCUT2D eigenvalue weighted by molar-refractivity contribution is 0.269. The standard InChI is InChI=1S/C11H16FN3/c1-2-14-6-8-15(9-7-14)11-10(12)4-3-5-13-11/h3-5H,2,6-9H2,1H3. The molecule has 0 radical (unpaired) electrons. The van der Waals surface area contributed by atoms with E-state index in [2.05, 4.69) is 16.8 Å². The lowest BCUT2D eigenvalue weighted by atomic mass is 10.3. The van der Waals surface area contributed by atoms with Crippen molar-refractivity contribution < 1.29 is 4.39 Å². The molecule has 15 heavy (non-hydrogen) atoms. The van der Waals surface area contributed by atoms with Gasteiger partial charge in [-0.05, 0) is 18.7 Å². The Labute approximate surface area is 89.5 Å². The van der Waals surface area contributed by atoms with Crippen LogP contribution in [-0.4, -0.2) is 42.6 Å². The van der Waals surface area contributed by atoms with E-state index < -0.39 is 0 Å². The second-order valence-electron chi connectivity index (χ2n) is 3.73. The first-order valence-electron chi connectivity index (χ1n) is 5.39. The minimum atomic E-state index is -0.220. The molecular formula is C11H16FN3. The zero-order valence-electron chi connectivity index (χ0n) is 8.99. The Bertz CT molecular complexity index is 321. The molecule has 0 amide bonds. The topological polar surface area (TPSA) is 19.4 Å². The maximum Gasteiger partial charge on any atom is 0.165 e. The van der Waals surface area contributed by atoms with Crippen molar-refractivity contribution in [2.75, 3.05) is 37.6 Å². The lowest BCUT2D eigenvalue weighted by Crippen LogP contribution is -2.46. The van der Waals surface area contributed by atoms with E-state index in [0.29, 0.717) is 5.82 Å². The summed E-state index contributed by atoms with van der Waals surface area (Å²) in [6.07, 6.45) is 1.64. The van der Waals surface area contributed by atoms with Crippen LogP contribution in [0.5, 0.6) is 0 Å². The number of pyridine rings is 1. The first-order chi connectivity index (χ1) is 7.31. The number of hydrogen-bond acceptors (Lipinski definition) is 3. The summed E-state index contributed by atoms with van der Waals surface area (Å²) in [5.74, 6) is 0.274. The van der Waals surface area contributed by atoms with Gasteiger partial charge in [-0.2, -0.15) is 0 Å². The molecule has 1 aromatic rings. The van der Waals surface area contributed by atoms with Gasteiger partial charge in [0.1, 0.15) is 0 Å². The number of halogens is 1. The molecule has 4 heteroatoms. The van der Waals surface area contributed by atoms with Gasteiger partial charge in [-0.25, -0.2) is 9.37 Å². The van der Waals surface area contributed by atoms with E-state index in [1.54, 1.807) is 12.3 Å². The van der Waals surface area contributed by atoms with E-state index in [4.69, 9.17) is 0 Å². The summed E-state index contributed by atoms with van der Waals surface area (Å²) in [5.41, 5.74) is 0. The van der Waals surface area contributed by atoms with Crippen molar-refractivity contribution in [1.29, 1.82) is 0 Å². The average molecular weight is 209 g/mol. The summed E-state index contributed by atoms with van der Waals surface area (Å²) in [7, 11) is 0. The molecule has 1 fully saturated rings. The zero-order chi connectivity index (χ0) is 10.7. The molecule has 0 atom stereocenters. The third-order valence-electron chi connectivity index (χ3n) is 2.86. The van der Waals surface area contributed by atoms with Gasteiger partial charge in [0.05, 0.1) is 0 Å². The molecule has 0 spiro atoms. The lowest BCUT2D eigenvalue weighted by Gasteiger charge is -2.34. The molecule has 1 aliphatic rings. The van der Waals surface area contributed by atoms with Gasteiger partial charge in [0.15, 0.2) is 11.6 Å². The van der Waals surface area contributed by atoms with Crippen molar-refractivity contribution in [3.63, 3.8) is 0 Å². The second-order valence-corrected chi connectivity index (χ2v) is 3.73. The van der Waals surface area contributed by atoms with Crippen LogP contribution in [0.3, 0.4) is 0 Å². The zero-order valence-corrected chi connectivity index (χ0v) is 8.99. The number of nitrogens with zero attached hydrogens (tertiary/aromatic N) is 3. The van der Waals surface area contributed by atoms with Crippen LogP contribution in [-0.2, 0) is 0 Å². The Morgan fingerprint density at radius 3 is 2.67 bits per heavy atom. The molecule has 1 aromatic heterocycles. The summed E-state index contributed by atoms with van der Waals surface area (Å²) in [5, 5.41) is 0. The number of likely N-dealkylation sites (N-methyl/N-ethyl adjacent to an activating group) is 1. The van der Waals surface area contributed by atoms with Crippen molar-refractivity contribution in [3.05, 3.63) is 24.1 Å². The molecule has 0 bridgehead atoms. The molecular weight excluding hydrogens is 193 g/mol. The smallest absolute Gasteiger partial charge is 0.165 e. The van der Waals surface area contributed by atoms with E-state index in [-0.39, 0.29) is 5.82 Å². The fourth-order valence-corrected chi connectivity index (χ4v) is 1.89. The van der Waals surface area contributed by atoms with E-state index in [1.807, 2.05) is 4.90 Å². The number of aromatic nitrogens is 1. The van der Waals surface area contributed by atoms with Gasteiger partial charge in [0, 0.05) is 32.4 Å². The predicted molar refractivity (Wildman–Crippen MR) is 58.5 cm³/mol. The highest BCUT2D eigenvalue weighted by Crippen LogP contribution is 2.16. The van der Waals surface area contributed by atoms with Crippen LogP contribution in [0.2, 0.25) is 0 Å². The van der Waals surface area contributed by atoms with E-state index in [9.17, 15) is 4.39 Å². The summed E-state index contributed by atoms with van der Waals surface area (Å²) in [6, 6.07) is 3.09. The summed E-state index contributed by atoms with van der Waals surface area (Å²) in [6.45, 7) is 6.93. The molecule has 0 N–H and O–H groups in total. The van der Waals surface area contributed by atoms with Crippen LogP contribution in [0.15, 0.2) is 18.3 Å². The van der Waals surface area contributed by atoms with E-state index in [1.165, 1.54) is 6.07 Å². The van der Waals surface area contributed by atoms with Gasteiger partial charge in [-0.15, -0.1) is 0 Å². The van der Waals surface area contributed by atoms with Gasteiger partial charge < -0.3 is 9.80 Å². The summed E-state index contributed by atoms with van der Waals surface area (Å²) in [4.78, 5) is 8.46. The molecule has 1 aliphatic heterocycles. The van der Waals surface area contributed by atoms with Gasteiger partial charge in [-0.3, -0.25) is 0 Å². The minimum Gasteiger partial charge on any atom is -0.352 e. The van der Waals surface area contributed by atoms with Crippen molar-refractivity contribution in [1.82, 2.24) is 9.88 Å². The third kappa shape index (κ3) is 2.26. The van der Waals surface area contributed by atoms with Crippen molar-refractivity contribution in [3.8, 4) is 0 Å². The van der Waals surface area contributed by atoms with Gasteiger partial charge in [0.25, 0.3) is 0 Å². The first kappa shape index (κ1) is 10.4. The predicted octanol–water partition coefficient (Wildman–Crippen LogP) is 1.36. The van der Waals surface area contributed by atoms with E-state index in [0.717, 1.165) is 32.7 Å². The van der Waals surface area contributed by atoms with Crippen LogP contribution in [0.1, 0.15) is 6.92 Å². The van der Waals surface area contributed by atoms with Crippen LogP contribution in [0.4, 0.5) is 10.2 Å². The maximum absolute atomic E-state index is 13.4. The molecule has 0 aromatic carbocycles. The highest BCUT2D eigenvalue weighted by molar-refractivity contribution is 5.40. The first-order valence-corrected chi connectivity index (χ1v) is 5.39. The third-order valence-corrected chi connectivity index (χ3v) is 2.86. The molecule has 0 aliphatic carbocycles. The van der Waals surface area contributed by atoms with Crippen molar-refractivity contribution in [2.24, 2.45) is 0 Å². The largest absolute Gasteiger partial charge is 0.352 e. The number of anilines is 1. The van der Waals surface area contributed by atoms with Gasteiger partial charge >= 0.3 is 0 Å². The Morgan fingerprint density at radius 2 is 2.07 bits per heavy atom.